The van der Waals surface area contributed by atoms with Crippen molar-refractivity contribution in [3.05, 3.63) is 18.2 Å². The van der Waals surface area contributed by atoms with Gasteiger partial charge in [-0.2, -0.15) is 0 Å². The zero-order chi connectivity index (χ0) is 16.4. The van der Waals surface area contributed by atoms with E-state index in [1.54, 1.807) is 7.11 Å². The Morgan fingerprint density at radius 2 is 2.17 bits per heavy atom. The molecule has 2 heterocycles. The topological polar surface area (TPSA) is 50.6 Å². The molecular formula is C17H28N4O2. The van der Waals surface area contributed by atoms with Crippen LogP contribution in [0.4, 0.5) is 0 Å². The number of imidazole rings is 1. The Labute approximate surface area is 138 Å². The number of likely N-dealkylation sites (N-methyl/N-ethyl adjacent to an activating group) is 1. The summed E-state index contributed by atoms with van der Waals surface area (Å²) in [6, 6.07) is 0.173. The van der Waals surface area contributed by atoms with Gasteiger partial charge in [0.2, 0.25) is 5.91 Å². The van der Waals surface area contributed by atoms with Crippen molar-refractivity contribution in [1.29, 1.82) is 0 Å². The van der Waals surface area contributed by atoms with Crippen LogP contribution in [0, 0.1) is 5.41 Å². The molecule has 1 aliphatic heterocycles. The molecule has 2 fully saturated rings. The molecule has 0 spiro atoms. The van der Waals surface area contributed by atoms with Gasteiger partial charge in [-0.3, -0.25) is 9.69 Å². The first kappa shape index (κ1) is 16.5. The molecule has 3 rings (SSSR count). The lowest BCUT2D eigenvalue weighted by atomic mass is 9.65. The van der Waals surface area contributed by atoms with Crippen LogP contribution in [-0.4, -0.2) is 65.7 Å². The molecule has 1 saturated heterocycles. The summed E-state index contributed by atoms with van der Waals surface area (Å²) in [6.07, 6.45) is 7.82. The van der Waals surface area contributed by atoms with Crippen LogP contribution >= 0.6 is 0 Å². The zero-order valence-electron chi connectivity index (χ0n) is 14.5. The van der Waals surface area contributed by atoms with Gasteiger partial charge in [0.1, 0.15) is 5.82 Å². The lowest BCUT2D eigenvalue weighted by Crippen LogP contribution is -2.55. The number of carbonyl (C=O) groups excluding carboxylic acids is 1. The van der Waals surface area contributed by atoms with E-state index in [-0.39, 0.29) is 11.5 Å². The van der Waals surface area contributed by atoms with Gasteiger partial charge in [0.05, 0.1) is 11.5 Å². The molecule has 6 nitrogen and oxygen atoms in total. The third-order valence-electron chi connectivity index (χ3n) is 5.64. The van der Waals surface area contributed by atoms with Crippen LogP contribution in [-0.2, 0) is 16.6 Å². The zero-order valence-corrected chi connectivity index (χ0v) is 14.5. The van der Waals surface area contributed by atoms with Crippen molar-refractivity contribution in [2.45, 2.75) is 31.7 Å². The number of hydrogen-bond donors (Lipinski definition) is 0. The maximum absolute atomic E-state index is 13.1. The van der Waals surface area contributed by atoms with Crippen molar-refractivity contribution in [2.24, 2.45) is 12.5 Å². The minimum absolute atomic E-state index is 0.169. The molecule has 6 heteroatoms. The molecule has 0 N–H and O–H groups in total. The van der Waals surface area contributed by atoms with Gasteiger partial charge >= 0.3 is 0 Å². The fourth-order valence-electron chi connectivity index (χ4n) is 3.84. The number of methoxy groups -OCH3 is 1. The smallest absolute Gasteiger partial charge is 0.228 e. The molecule has 0 bridgehead atoms. The van der Waals surface area contributed by atoms with E-state index in [2.05, 4.69) is 26.4 Å². The summed E-state index contributed by atoms with van der Waals surface area (Å²) >= 11 is 0. The average molecular weight is 320 g/mol. The van der Waals surface area contributed by atoms with E-state index in [4.69, 9.17) is 4.74 Å². The largest absolute Gasteiger partial charge is 0.385 e. The molecule has 1 aromatic heterocycles. The minimum Gasteiger partial charge on any atom is -0.385 e. The summed E-state index contributed by atoms with van der Waals surface area (Å²) in [6.45, 7) is 3.10. The van der Waals surface area contributed by atoms with Crippen molar-refractivity contribution in [1.82, 2.24) is 19.4 Å². The summed E-state index contributed by atoms with van der Waals surface area (Å²) in [5.74, 6) is 1.36. The SMILES string of the molecule is COCCC1(C(=O)N2CCN(C)C(c3nccn3C)C2)CCC1. The summed E-state index contributed by atoms with van der Waals surface area (Å²) < 4.78 is 7.29. The number of piperazine rings is 1. The number of hydrogen-bond acceptors (Lipinski definition) is 4. The van der Waals surface area contributed by atoms with Crippen LogP contribution < -0.4 is 0 Å². The first-order valence-corrected chi connectivity index (χ1v) is 8.53. The number of nitrogens with zero attached hydrogens (tertiary/aromatic N) is 4. The number of carbonyl (C=O) groups is 1. The summed E-state index contributed by atoms with van der Waals surface area (Å²) in [4.78, 5) is 22.0. The number of ether oxygens (including phenoxy) is 1. The van der Waals surface area contributed by atoms with E-state index < -0.39 is 0 Å². The Morgan fingerprint density at radius 3 is 2.74 bits per heavy atom. The van der Waals surface area contributed by atoms with Gasteiger partial charge in [-0.25, -0.2) is 4.98 Å². The van der Waals surface area contributed by atoms with Crippen LogP contribution in [0.15, 0.2) is 12.4 Å². The molecule has 1 amide bonds. The Balaban J connectivity index is 1.73. The molecule has 0 radical (unpaired) electrons. The standard InChI is InChI=1S/C17H28N4O2/c1-19-10-11-21(13-14(19)15-18-8-9-20(15)2)16(22)17(5-4-6-17)7-12-23-3/h8-9,14H,4-7,10-13H2,1-3H3. The monoisotopic (exact) mass is 320 g/mol. The van der Waals surface area contributed by atoms with E-state index >= 15 is 0 Å². The molecule has 1 atom stereocenters. The maximum Gasteiger partial charge on any atom is 0.228 e. The van der Waals surface area contributed by atoms with Gasteiger partial charge < -0.3 is 14.2 Å². The first-order valence-electron chi connectivity index (χ1n) is 8.53. The highest BCUT2D eigenvalue weighted by atomic mass is 16.5. The van der Waals surface area contributed by atoms with Crippen molar-refractivity contribution >= 4 is 5.91 Å². The highest BCUT2D eigenvalue weighted by Gasteiger charge is 2.47. The van der Waals surface area contributed by atoms with Gasteiger partial charge in [0, 0.05) is 52.8 Å². The Hall–Kier alpha value is -1.40. The average Bonchev–Trinajstić information content (AvgIpc) is 2.92. The van der Waals surface area contributed by atoms with Crippen LogP contribution in [0.1, 0.15) is 37.5 Å². The van der Waals surface area contributed by atoms with Gasteiger partial charge in [0.15, 0.2) is 0 Å². The number of rotatable bonds is 5. The molecule has 1 saturated carbocycles. The minimum atomic E-state index is -0.169. The predicted octanol–water partition coefficient (Wildman–Crippen LogP) is 1.44. The summed E-state index contributed by atoms with van der Waals surface area (Å²) in [7, 11) is 5.85. The van der Waals surface area contributed by atoms with Crippen LogP contribution in [0.3, 0.4) is 0 Å². The second-order valence-electron chi connectivity index (χ2n) is 7.02. The van der Waals surface area contributed by atoms with E-state index in [0.717, 1.165) is 51.1 Å². The van der Waals surface area contributed by atoms with Gasteiger partial charge in [-0.15, -0.1) is 0 Å². The second kappa shape index (κ2) is 6.61. The lowest BCUT2D eigenvalue weighted by Gasteiger charge is -2.47. The molecule has 1 unspecified atom stereocenters. The molecule has 0 aromatic carbocycles. The third kappa shape index (κ3) is 3.02. The quantitative estimate of drug-likeness (QED) is 0.824. The highest BCUT2D eigenvalue weighted by molar-refractivity contribution is 5.83. The molecule has 1 aliphatic carbocycles. The first-order chi connectivity index (χ1) is 11.1. The van der Waals surface area contributed by atoms with E-state index in [0.29, 0.717) is 12.5 Å². The summed E-state index contributed by atoms with van der Waals surface area (Å²) in [5, 5.41) is 0. The van der Waals surface area contributed by atoms with Crippen molar-refractivity contribution in [3.63, 3.8) is 0 Å². The van der Waals surface area contributed by atoms with E-state index in [1.165, 1.54) is 0 Å². The van der Waals surface area contributed by atoms with Gasteiger partial charge in [-0.1, -0.05) is 6.42 Å². The van der Waals surface area contributed by atoms with Crippen molar-refractivity contribution in [2.75, 3.05) is 40.4 Å². The number of amides is 1. The second-order valence-corrected chi connectivity index (χ2v) is 7.02. The Bertz CT molecular complexity index is 553. The van der Waals surface area contributed by atoms with Crippen molar-refractivity contribution in [3.8, 4) is 0 Å². The van der Waals surface area contributed by atoms with E-state index in [9.17, 15) is 4.79 Å². The molecule has 2 aliphatic rings. The normalized spacial score (nSPS) is 24.5. The summed E-state index contributed by atoms with van der Waals surface area (Å²) in [5.41, 5.74) is -0.169. The molecule has 128 valence electrons. The molecule has 1 aromatic rings. The maximum atomic E-state index is 13.1. The fourth-order valence-corrected chi connectivity index (χ4v) is 3.84. The highest BCUT2D eigenvalue weighted by Crippen LogP contribution is 2.46. The third-order valence-corrected chi connectivity index (χ3v) is 5.64. The van der Waals surface area contributed by atoms with Gasteiger partial charge in [0.25, 0.3) is 0 Å². The predicted molar refractivity (Wildman–Crippen MR) is 87.9 cm³/mol. The van der Waals surface area contributed by atoms with Crippen LogP contribution in [0.2, 0.25) is 0 Å². The molecular weight excluding hydrogens is 292 g/mol. The number of aryl methyl sites for hydroxylation is 1. The fraction of sp³-hybridized carbons (Fsp3) is 0.765. The van der Waals surface area contributed by atoms with Gasteiger partial charge in [-0.05, 0) is 26.3 Å². The number of aromatic nitrogens is 2. The lowest BCUT2D eigenvalue weighted by molar-refractivity contribution is -0.152. The Kier molecular flexibility index (Phi) is 4.73. The molecule has 23 heavy (non-hydrogen) atoms. The Morgan fingerprint density at radius 1 is 1.39 bits per heavy atom. The van der Waals surface area contributed by atoms with E-state index in [1.807, 2.05) is 19.4 Å². The van der Waals surface area contributed by atoms with Crippen LogP contribution in [0.5, 0.6) is 0 Å². The van der Waals surface area contributed by atoms with Crippen molar-refractivity contribution < 1.29 is 9.53 Å². The van der Waals surface area contributed by atoms with Crippen LogP contribution in [0.25, 0.3) is 0 Å².